The zero-order chi connectivity index (χ0) is 24.2. The third-order valence-corrected chi connectivity index (χ3v) is 6.21. The maximum atomic E-state index is 14.5. The second kappa shape index (κ2) is 10.2. The van der Waals surface area contributed by atoms with Crippen molar-refractivity contribution in [2.75, 3.05) is 38.8 Å². The van der Waals surface area contributed by atoms with Crippen molar-refractivity contribution in [3.05, 3.63) is 65.9 Å². The van der Waals surface area contributed by atoms with Gasteiger partial charge in [-0.15, -0.1) is 0 Å². The van der Waals surface area contributed by atoms with Crippen LogP contribution in [0, 0.1) is 5.82 Å². The van der Waals surface area contributed by atoms with E-state index in [2.05, 4.69) is 26.7 Å². The number of pyridine rings is 1. The summed E-state index contributed by atoms with van der Waals surface area (Å²) in [5.74, 6) is -0.00501. The molecule has 1 aromatic carbocycles. The van der Waals surface area contributed by atoms with Gasteiger partial charge in [0, 0.05) is 29.9 Å². The van der Waals surface area contributed by atoms with Crippen LogP contribution in [0.15, 0.2) is 48.8 Å². The van der Waals surface area contributed by atoms with Crippen LogP contribution in [0.4, 0.5) is 15.8 Å². The van der Waals surface area contributed by atoms with Crippen LogP contribution >= 0.6 is 0 Å². The molecule has 1 amide bonds. The molecule has 2 aromatic heterocycles. The lowest BCUT2D eigenvalue weighted by molar-refractivity contribution is 0.0940. The van der Waals surface area contributed by atoms with Gasteiger partial charge in [0.1, 0.15) is 12.4 Å². The molecule has 35 heavy (non-hydrogen) atoms. The molecule has 3 N–H and O–H groups in total. The van der Waals surface area contributed by atoms with Gasteiger partial charge in [0.05, 0.1) is 49.2 Å². The highest BCUT2D eigenvalue weighted by Gasteiger charge is 2.33. The second-order valence-corrected chi connectivity index (χ2v) is 8.36. The molecule has 8 nitrogen and oxygen atoms in total. The third-order valence-electron chi connectivity index (χ3n) is 6.21. The zero-order valence-electron chi connectivity index (χ0n) is 19.4. The average molecular weight is 479 g/mol. The Morgan fingerprint density at radius 3 is 3.03 bits per heavy atom. The van der Waals surface area contributed by atoms with Crippen LogP contribution in [0.3, 0.4) is 0 Å². The number of methoxy groups -OCH3 is 1. The molecule has 1 unspecified atom stereocenters. The Hall–Kier alpha value is -3.85. The van der Waals surface area contributed by atoms with Crippen LogP contribution < -0.4 is 20.1 Å². The summed E-state index contributed by atoms with van der Waals surface area (Å²) in [5.41, 5.74) is 3.67. The predicted molar refractivity (Wildman–Crippen MR) is 130 cm³/mol. The Balaban J connectivity index is 1.68. The lowest BCUT2D eigenvalue weighted by Crippen LogP contribution is -2.35. The number of anilines is 2. The molecule has 0 saturated carbocycles. The van der Waals surface area contributed by atoms with E-state index < -0.39 is 5.82 Å². The van der Waals surface area contributed by atoms with Crippen LogP contribution in [0.2, 0.25) is 0 Å². The fourth-order valence-electron chi connectivity index (χ4n) is 4.54. The third kappa shape index (κ3) is 4.59. The van der Waals surface area contributed by atoms with E-state index in [0.717, 1.165) is 24.1 Å². The van der Waals surface area contributed by atoms with E-state index in [1.807, 2.05) is 12.1 Å². The number of hydrogen-bond donors (Lipinski definition) is 3. The molecule has 2 aliphatic rings. The molecule has 9 heteroatoms. The van der Waals surface area contributed by atoms with E-state index in [-0.39, 0.29) is 17.6 Å². The highest BCUT2D eigenvalue weighted by atomic mass is 19.1. The molecule has 0 spiro atoms. The lowest BCUT2D eigenvalue weighted by Gasteiger charge is -2.23. The maximum absolute atomic E-state index is 14.5. The quantitative estimate of drug-likeness (QED) is 0.478. The standard InChI is InChI=1S/C26H27FN4O4/c1-33-25-18(27)7-5-8-19(25)30-24-21-22-16(14-29-26(21)32)6-3-2-4-11-34-12-13-35-20-15-28-10-9-17(20)23(24)31-22/h2,4-5,7-10,15-16,30-31H,3,6,11-14H2,1H3,(H,29,32). The Bertz CT molecular complexity index is 1260. The van der Waals surface area contributed by atoms with Crippen LogP contribution in [0.1, 0.15) is 34.8 Å². The number of amides is 1. The molecule has 3 aromatic rings. The molecule has 182 valence electrons. The van der Waals surface area contributed by atoms with Crippen molar-refractivity contribution in [2.24, 2.45) is 0 Å². The average Bonchev–Trinajstić information content (AvgIpc) is 3.24. The van der Waals surface area contributed by atoms with Gasteiger partial charge in [-0.05, 0) is 31.0 Å². The molecule has 0 radical (unpaired) electrons. The fourth-order valence-corrected chi connectivity index (χ4v) is 4.54. The number of carbonyl (C=O) groups is 1. The van der Waals surface area contributed by atoms with E-state index >= 15 is 0 Å². The number of aromatic nitrogens is 2. The number of ether oxygens (including phenoxy) is 3. The Morgan fingerprint density at radius 2 is 2.14 bits per heavy atom. The van der Waals surface area contributed by atoms with Crippen LogP contribution in [0.5, 0.6) is 11.5 Å². The number of allylic oxidation sites excluding steroid dienone is 1. The number of fused-ring (bicyclic) bond motifs is 3. The van der Waals surface area contributed by atoms with Crippen molar-refractivity contribution in [3.63, 3.8) is 0 Å². The molecule has 0 fully saturated rings. The van der Waals surface area contributed by atoms with Crippen molar-refractivity contribution in [1.82, 2.24) is 15.3 Å². The summed E-state index contributed by atoms with van der Waals surface area (Å²) in [7, 11) is 1.41. The minimum absolute atomic E-state index is 0.0665. The molecule has 0 saturated heterocycles. The minimum atomic E-state index is -0.500. The fraction of sp³-hybridized carbons (Fsp3) is 0.308. The minimum Gasteiger partial charge on any atom is -0.492 e. The summed E-state index contributed by atoms with van der Waals surface area (Å²) in [6.07, 6.45) is 9.08. The van der Waals surface area contributed by atoms with Crippen molar-refractivity contribution in [3.8, 4) is 22.8 Å². The smallest absolute Gasteiger partial charge is 0.255 e. The van der Waals surface area contributed by atoms with Gasteiger partial charge in [-0.25, -0.2) is 4.39 Å². The topological polar surface area (TPSA) is 97.5 Å². The Kier molecular flexibility index (Phi) is 6.67. The van der Waals surface area contributed by atoms with Gasteiger partial charge in [-0.2, -0.15) is 0 Å². The molecule has 4 heterocycles. The van der Waals surface area contributed by atoms with E-state index in [9.17, 15) is 9.18 Å². The van der Waals surface area contributed by atoms with E-state index in [1.54, 1.807) is 24.5 Å². The van der Waals surface area contributed by atoms with Gasteiger partial charge in [0.25, 0.3) is 5.91 Å². The van der Waals surface area contributed by atoms with Crippen molar-refractivity contribution >= 4 is 17.3 Å². The number of H-pyrrole nitrogens is 1. The number of para-hydroxylation sites is 1. The summed E-state index contributed by atoms with van der Waals surface area (Å²) in [4.78, 5) is 20.9. The first-order chi connectivity index (χ1) is 17.2. The number of rotatable bonds is 3. The zero-order valence-corrected chi connectivity index (χ0v) is 19.4. The Morgan fingerprint density at radius 1 is 1.23 bits per heavy atom. The predicted octanol–water partition coefficient (Wildman–Crippen LogP) is 4.54. The first kappa shape index (κ1) is 22.9. The van der Waals surface area contributed by atoms with Gasteiger partial charge < -0.3 is 29.8 Å². The number of nitrogens with one attached hydrogen (secondary N) is 3. The molecule has 2 aliphatic heterocycles. The SMILES string of the molecule is COc1c(F)cccc1Nc1c2[nH]c3c1C(=O)NCC3CCC=CCOCCOc1cnccc1-2. The van der Waals surface area contributed by atoms with Crippen LogP contribution in [0.25, 0.3) is 11.3 Å². The van der Waals surface area contributed by atoms with Crippen molar-refractivity contribution < 1.29 is 23.4 Å². The first-order valence-electron chi connectivity index (χ1n) is 11.6. The molecule has 2 bridgehead atoms. The molecular weight excluding hydrogens is 451 g/mol. The second-order valence-electron chi connectivity index (χ2n) is 8.36. The van der Waals surface area contributed by atoms with Gasteiger partial charge in [-0.1, -0.05) is 18.2 Å². The van der Waals surface area contributed by atoms with Gasteiger partial charge in [-0.3, -0.25) is 9.78 Å². The van der Waals surface area contributed by atoms with Crippen LogP contribution in [-0.4, -0.2) is 49.4 Å². The number of hydrogen-bond acceptors (Lipinski definition) is 6. The first-order valence-corrected chi connectivity index (χ1v) is 11.6. The summed E-state index contributed by atoms with van der Waals surface area (Å²) in [6.45, 7) is 1.82. The Labute approximate surface area is 202 Å². The number of aromatic amines is 1. The summed E-state index contributed by atoms with van der Waals surface area (Å²) < 4.78 is 31.4. The normalized spacial score (nSPS) is 17.9. The maximum Gasteiger partial charge on any atom is 0.255 e. The number of benzene rings is 1. The number of halogens is 1. The van der Waals surface area contributed by atoms with Gasteiger partial charge >= 0.3 is 0 Å². The number of carbonyl (C=O) groups excluding carboxylic acids is 1. The largest absolute Gasteiger partial charge is 0.492 e. The van der Waals surface area contributed by atoms with E-state index in [4.69, 9.17) is 14.2 Å². The highest BCUT2D eigenvalue weighted by Crippen LogP contribution is 2.44. The highest BCUT2D eigenvalue weighted by molar-refractivity contribution is 6.07. The van der Waals surface area contributed by atoms with Crippen LogP contribution in [-0.2, 0) is 4.74 Å². The van der Waals surface area contributed by atoms with E-state index in [1.165, 1.54) is 13.2 Å². The molecule has 1 atom stereocenters. The summed E-state index contributed by atoms with van der Waals surface area (Å²) in [5, 5.41) is 6.29. The van der Waals surface area contributed by atoms with Gasteiger partial charge in [0.15, 0.2) is 11.6 Å². The van der Waals surface area contributed by atoms with Crippen molar-refractivity contribution in [2.45, 2.75) is 18.8 Å². The van der Waals surface area contributed by atoms with E-state index in [0.29, 0.717) is 54.7 Å². The lowest BCUT2D eigenvalue weighted by atomic mass is 9.92. The molecular formula is C26H27FN4O4. The summed E-state index contributed by atoms with van der Waals surface area (Å²) >= 11 is 0. The molecule has 5 rings (SSSR count). The summed E-state index contributed by atoms with van der Waals surface area (Å²) in [6, 6.07) is 6.46. The van der Waals surface area contributed by atoms with Gasteiger partial charge in [0.2, 0.25) is 0 Å². The molecule has 0 aliphatic carbocycles. The van der Waals surface area contributed by atoms with Crippen molar-refractivity contribution in [1.29, 1.82) is 0 Å². The number of nitrogens with zero attached hydrogens (tertiary/aromatic N) is 1. The monoisotopic (exact) mass is 478 g/mol.